The molecule has 1 aliphatic rings. The van der Waals surface area contributed by atoms with Crippen molar-refractivity contribution in [3.05, 3.63) is 65.7 Å². The fraction of sp³-hybridized carbons (Fsp3) is 0.300. The molecule has 25 heavy (non-hydrogen) atoms. The maximum atomic E-state index is 12.9. The number of benzene rings is 2. The van der Waals surface area contributed by atoms with Crippen LogP contribution < -0.4 is 5.32 Å². The van der Waals surface area contributed by atoms with Gasteiger partial charge in [0.1, 0.15) is 0 Å². The number of ether oxygens (including phenoxy) is 1. The Morgan fingerprint density at radius 1 is 1.12 bits per heavy atom. The summed E-state index contributed by atoms with van der Waals surface area (Å²) in [5.74, 6) is -0.131. The highest BCUT2D eigenvalue weighted by Gasteiger charge is 2.28. The molecule has 5 heteroatoms. The minimum atomic E-state index is -0.129. The summed E-state index contributed by atoms with van der Waals surface area (Å²) < 4.78 is 5.59. The van der Waals surface area contributed by atoms with Gasteiger partial charge >= 0.3 is 0 Å². The average molecular weight is 338 g/mol. The maximum Gasteiger partial charge on any atom is 0.254 e. The molecule has 0 aliphatic carbocycles. The normalized spacial score (nSPS) is 17.2. The van der Waals surface area contributed by atoms with Crippen molar-refractivity contribution in [3.8, 4) is 0 Å². The lowest BCUT2D eigenvalue weighted by Gasteiger charge is -2.36. The standard InChI is InChI=1S/C20H22N2O3/c1-15(23)21-18-9-7-17(8-10-18)20(24)22-11-12-25-14-19(22)13-16-5-3-2-4-6-16/h2-10,19H,11-14H2,1H3,(H,21,23). The van der Waals surface area contributed by atoms with E-state index in [0.29, 0.717) is 31.0 Å². The number of morpholine rings is 1. The first-order valence-corrected chi connectivity index (χ1v) is 8.44. The second kappa shape index (κ2) is 7.94. The van der Waals surface area contributed by atoms with Gasteiger partial charge in [0.2, 0.25) is 5.91 Å². The highest BCUT2D eigenvalue weighted by molar-refractivity contribution is 5.95. The van der Waals surface area contributed by atoms with Crippen LogP contribution in [-0.2, 0) is 16.0 Å². The highest BCUT2D eigenvalue weighted by atomic mass is 16.5. The SMILES string of the molecule is CC(=O)Nc1ccc(C(=O)N2CCOCC2Cc2ccccc2)cc1. The van der Waals surface area contributed by atoms with Crippen LogP contribution in [0.15, 0.2) is 54.6 Å². The van der Waals surface area contributed by atoms with Crippen molar-refractivity contribution >= 4 is 17.5 Å². The number of carbonyl (C=O) groups excluding carboxylic acids is 2. The summed E-state index contributed by atoms with van der Waals surface area (Å²) in [4.78, 5) is 25.9. The number of nitrogens with one attached hydrogen (secondary N) is 1. The van der Waals surface area contributed by atoms with Gasteiger partial charge in [-0.05, 0) is 36.2 Å². The van der Waals surface area contributed by atoms with Gasteiger partial charge in [0.25, 0.3) is 5.91 Å². The summed E-state index contributed by atoms with van der Waals surface area (Å²) in [6.07, 6.45) is 0.774. The summed E-state index contributed by atoms with van der Waals surface area (Å²) in [7, 11) is 0. The van der Waals surface area contributed by atoms with Crippen LogP contribution in [0.5, 0.6) is 0 Å². The molecule has 1 fully saturated rings. The maximum absolute atomic E-state index is 12.9. The number of nitrogens with zero attached hydrogens (tertiary/aromatic N) is 1. The zero-order chi connectivity index (χ0) is 17.6. The molecule has 1 N–H and O–H groups in total. The van der Waals surface area contributed by atoms with Gasteiger partial charge in [-0.25, -0.2) is 0 Å². The van der Waals surface area contributed by atoms with Crippen molar-refractivity contribution in [1.82, 2.24) is 4.90 Å². The second-order valence-corrected chi connectivity index (χ2v) is 6.18. The highest BCUT2D eigenvalue weighted by Crippen LogP contribution is 2.18. The van der Waals surface area contributed by atoms with Gasteiger partial charge in [0, 0.05) is 24.7 Å². The first kappa shape index (κ1) is 17.2. The Balaban J connectivity index is 1.73. The van der Waals surface area contributed by atoms with E-state index in [-0.39, 0.29) is 17.9 Å². The Labute approximate surface area is 147 Å². The monoisotopic (exact) mass is 338 g/mol. The van der Waals surface area contributed by atoms with Crippen LogP contribution in [0.1, 0.15) is 22.8 Å². The van der Waals surface area contributed by atoms with E-state index >= 15 is 0 Å². The summed E-state index contributed by atoms with van der Waals surface area (Å²) in [5.41, 5.74) is 2.50. The molecule has 3 rings (SSSR count). The lowest BCUT2D eigenvalue weighted by Crippen LogP contribution is -2.49. The van der Waals surface area contributed by atoms with Crippen molar-refractivity contribution < 1.29 is 14.3 Å². The quantitative estimate of drug-likeness (QED) is 0.932. The number of hydrogen-bond acceptors (Lipinski definition) is 3. The smallest absolute Gasteiger partial charge is 0.254 e. The van der Waals surface area contributed by atoms with E-state index < -0.39 is 0 Å². The van der Waals surface area contributed by atoms with Gasteiger partial charge in [-0.1, -0.05) is 30.3 Å². The van der Waals surface area contributed by atoms with Crippen LogP contribution in [0.3, 0.4) is 0 Å². The second-order valence-electron chi connectivity index (χ2n) is 6.18. The summed E-state index contributed by atoms with van der Waals surface area (Å²) in [6.45, 7) is 3.15. The van der Waals surface area contributed by atoms with Crippen molar-refractivity contribution in [2.45, 2.75) is 19.4 Å². The number of hydrogen-bond donors (Lipinski definition) is 1. The van der Waals surface area contributed by atoms with E-state index in [1.165, 1.54) is 12.5 Å². The van der Waals surface area contributed by atoms with E-state index in [4.69, 9.17) is 4.74 Å². The first-order chi connectivity index (χ1) is 12.1. The third kappa shape index (κ3) is 4.45. The molecule has 130 valence electrons. The Morgan fingerprint density at radius 2 is 1.84 bits per heavy atom. The lowest BCUT2D eigenvalue weighted by atomic mass is 10.0. The first-order valence-electron chi connectivity index (χ1n) is 8.44. The molecule has 5 nitrogen and oxygen atoms in total. The van der Waals surface area contributed by atoms with E-state index in [2.05, 4.69) is 17.4 Å². The molecular weight excluding hydrogens is 316 g/mol. The van der Waals surface area contributed by atoms with Gasteiger partial charge in [-0.15, -0.1) is 0 Å². The minimum absolute atomic E-state index is 0.00129. The molecule has 1 heterocycles. The van der Waals surface area contributed by atoms with Crippen molar-refractivity contribution in [2.75, 3.05) is 25.1 Å². The van der Waals surface area contributed by atoms with Crippen LogP contribution >= 0.6 is 0 Å². The third-order valence-electron chi connectivity index (χ3n) is 4.25. The number of amides is 2. The predicted molar refractivity (Wildman–Crippen MR) is 96.5 cm³/mol. The summed E-state index contributed by atoms with van der Waals surface area (Å²) in [5, 5.41) is 2.71. The van der Waals surface area contributed by atoms with E-state index in [0.717, 1.165) is 6.42 Å². The molecular formula is C20H22N2O3. The fourth-order valence-electron chi connectivity index (χ4n) is 3.04. The molecule has 0 bridgehead atoms. The van der Waals surface area contributed by atoms with Crippen LogP contribution in [0.4, 0.5) is 5.69 Å². The van der Waals surface area contributed by atoms with Gasteiger partial charge in [0.15, 0.2) is 0 Å². The molecule has 2 amide bonds. The van der Waals surface area contributed by atoms with Gasteiger partial charge in [0.05, 0.1) is 19.3 Å². The van der Waals surface area contributed by atoms with Crippen LogP contribution in [0, 0.1) is 0 Å². The molecule has 2 aromatic rings. The number of carbonyl (C=O) groups is 2. The topological polar surface area (TPSA) is 58.6 Å². The third-order valence-corrected chi connectivity index (χ3v) is 4.25. The fourth-order valence-corrected chi connectivity index (χ4v) is 3.04. The molecule has 0 radical (unpaired) electrons. The van der Waals surface area contributed by atoms with Crippen molar-refractivity contribution in [2.24, 2.45) is 0 Å². The van der Waals surface area contributed by atoms with Gasteiger partial charge < -0.3 is 15.0 Å². The molecule has 1 saturated heterocycles. The summed E-state index contributed by atoms with van der Waals surface area (Å²) >= 11 is 0. The minimum Gasteiger partial charge on any atom is -0.377 e. The molecule has 1 aliphatic heterocycles. The van der Waals surface area contributed by atoms with Crippen LogP contribution in [0.2, 0.25) is 0 Å². The van der Waals surface area contributed by atoms with E-state index in [9.17, 15) is 9.59 Å². The molecule has 0 saturated carbocycles. The molecule has 0 aromatic heterocycles. The largest absolute Gasteiger partial charge is 0.377 e. The zero-order valence-corrected chi connectivity index (χ0v) is 14.3. The number of rotatable bonds is 4. The van der Waals surface area contributed by atoms with Gasteiger partial charge in [-0.2, -0.15) is 0 Å². The van der Waals surface area contributed by atoms with Gasteiger partial charge in [-0.3, -0.25) is 9.59 Å². The van der Waals surface area contributed by atoms with Crippen molar-refractivity contribution in [1.29, 1.82) is 0 Å². The van der Waals surface area contributed by atoms with Crippen LogP contribution in [-0.4, -0.2) is 42.5 Å². The summed E-state index contributed by atoms with van der Waals surface area (Å²) in [6, 6.07) is 17.2. The molecule has 1 atom stereocenters. The average Bonchev–Trinajstić information content (AvgIpc) is 2.63. The Morgan fingerprint density at radius 3 is 2.52 bits per heavy atom. The molecule has 0 spiro atoms. The predicted octanol–water partition coefficient (Wildman–Crippen LogP) is 2.73. The Kier molecular flexibility index (Phi) is 5.46. The zero-order valence-electron chi connectivity index (χ0n) is 14.3. The molecule has 2 aromatic carbocycles. The lowest BCUT2D eigenvalue weighted by molar-refractivity contribution is -0.114. The van der Waals surface area contributed by atoms with Crippen molar-refractivity contribution in [3.63, 3.8) is 0 Å². The van der Waals surface area contributed by atoms with Crippen LogP contribution in [0.25, 0.3) is 0 Å². The Bertz CT molecular complexity index is 728. The number of anilines is 1. The van der Waals surface area contributed by atoms with E-state index in [1.807, 2.05) is 23.1 Å². The molecule has 1 unspecified atom stereocenters. The Hall–Kier alpha value is -2.66. The van der Waals surface area contributed by atoms with E-state index in [1.54, 1.807) is 24.3 Å².